The third-order valence-electron chi connectivity index (χ3n) is 1.13. The standard InChI is InChI=1S/C7H12O2.2C3H9N.ClH/c1-3-4-5-6(2)7(8)9;2*1-4(2)3;/h2-5H2,1H3,(H,8,9);2*1-3H3;1H. The van der Waals surface area contributed by atoms with E-state index in [1.165, 1.54) is 0 Å². The van der Waals surface area contributed by atoms with E-state index in [0.717, 1.165) is 12.8 Å². The molecule has 0 aliphatic heterocycles. The van der Waals surface area contributed by atoms with E-state index in [9.17, 15) is 4.79 Å². The maximum Gasteiger partial charge on any atom is 0.330 e. The van der Waals surface area contributed by atoms with Gasteiger partial charge in [-0.15, -0.1) is 12.4 Å². The Hall–Kier alpha value is -0.580. The van der Waals surface area contributed by atoms with Crippen molar-refractivity contribution in [2.45, 2.75) is 26.2 Å². The minimum absolute atomic E-state index is 0. The van der Waals surface area contributed by atoms with E-state index in [1.54, 1.807) is 0 Å². The molecule has 0 heterocycles. The van der Waals surface area contributed by atoms with Crippen LogP contribution in [-0.4, -0.2) is 63.2 Å². The molecule has 0 amide bonds. The maximum absolute atomic E-state index is 10.1. The second-order valence-electron chi connectivity index (χ2n) is 4.70. The van der Waals surface area contributed by atoms with E-state index < -0.39 is 5.97 Å². The summed E-state index contributed by atoms with van der Waals surface area (Å²) in [4.78, 5) is 14.1. The second kappa shape index (κ2) is 18.8. The van der Waals surface area contributed by atoms with Crippen LogP contribution in [0, 0.1) is 0 Å². The zero-order chi connectivity index (χ0) is 14.4. The van der Waals surface area contributed by atoms with Crippen LogP contribution in [0.4, 0.5) is 0 Å². The van der Waals surface area contributed by atoms with Gasteiger partial charge in [0, 0.05) is 5.57 Å². The van der Waals surface area contributed by atoms with Crippen molar-refractivity contribution in [3.63, 3.8) is 0 Å². The highest BCUT2D eigenvalue weighted by Crippen LogP contribution is 2.03. The molecule has 0 bridgehead atoms. The summed E-state index contributed by atoms with van der Waals surface area (Å²) in [5, 5.41) is 8.31. The van der Waals surface area contributed by atoms with Gasteiger partial charge in [0.15, 0.2) is 0 Å². The van der Waals surface area contributed by atoms with Crippen molar-refractivity contribution in [2.24, 2.45) is 0 Å². The van der Waals surface area contributed by atoms with Crippen LogP contribution in [-0.2, 0) is 4.79 Å². The van der Waals surface area contributed by atoms with Crippen molar-refractivity contribution < 1.29 is 9.90 Å². The quantitative estimate of drug-likeness (QED) is 0.805. The first-order valence-electron chi connectivity index (χ1n) is 5.78. The first-order chi connectivity index (χ1) is 7.64. The van der Waals surface area contributed by atoms with Crippen molar-refractivity contribution in [3.8, 4) is 0 Å². The molecule has 0 saturated heterocycles. The molecule has 0 saturated carbocycles. The lowest BCUT2D eigenvalue weighted by Gasteiger charge is -1.95. The number of hydrogen-bond acceptors (Lipinski definition) is 3. The summed E-state index contributed by atoms with van der Waals surface area (Å²) in [7, 11) is 12.0. The Morgan fingerprint density at radius 1 is 1.06 bits per heavy atom. The zero-order valence-electron chi connectivity index (χ0n) is 13.0. The first-order valence-corrected chi connectivity index (χ1v) is 5.78. The van der Waals surface area contributed by atoms with Gasteiger partial charge in [-0.05, 0) is 55.1 Å². The Morgan fingerprint density at radius 2 is 1.33 bits per heavy atom. The van der Waals surface area contributed by atoms with Crippen LogP contribution >= 0.6 is 12.4 Å². The van der Waals surface area contributed by atoms with Crippen LogP contribution in [0.15, 0.2) is 12.2 Å². The topological polar surface area (TPSA) is 43.8 Å². The normalized spacial score (nSPS) is 8.50. The molecule has 0 spiro atoms. The Morgan fingerprint density at radius 3 is 1.50 bits per heavy atom. The fraction of sp³-hybridized carbons (Fsp3) is 0.769. The molecule has 0 aliphatic carbocycles. The molecule has 0 radical (unpaired) electrons. The molecule has 0 aliphatic rings. The summed E-state index contributed by atoms with van der Waals surface area (Å²) < 4.78 is 0. The summed E-state index contributed by atoms with van der Waals surface area (Å²) in [5.74, 6) is -0.872. The number of carbonyl (C=O) groups is 1. The van der Waals surface area contributed by atoms with Gasteiger partial charge in [0.25, 0.3) is 0 Å². The van der Waals surface area contributed by atoms with Crippen LogP contribution in [0.25, 0.3) is 0 Å². The van der Waals surface area contributed by atoms with Crippen molar-refractivity contribution in [1.29, 1.82) is 0 Å². The van der Waals surface area contributed by atoms with Gasteiger partial charge in [-0.2, -0.15) is 0 Å². The van der Waals surface area contributed by atoms with Crippen LogP contribution in [0.1, 0.15) is 26.2 Å². The predicted molar refractivity (Wildman–Crippen MR) is 82.8 cm³/mol. The number of unbranched alkanes of at least 4 members (excludes halogenated alkanes) is 1. The smallest absolute Gasteiger partial charge is 0.330 e. The molecule has 18 heavy (non-hydrogen) atoms. The van der Waals surface area contributed by atoms with E-state index >= 15 is 0 Å². The molecule has 0 rings (SSSR count). The number of hydrogen-bond donors (Lipinski definition) is 1. The van der Waals surface area contributed by atoms with Gasteiger partial charge in [-0.3, -0.25) is 0 Å². The van der Waals surface area contributed by atoms with E-state index in [2.05, 4.69) is 6.58 Å². The molecule has 0 fully saturated rings. The SMILES string of the molecule is C=C(CCCC)C(=O)O.CN(C)C.CN(C)C.Cl. The van der Waals surface area contributed by atoms with Crippen molar-refractivity contribution in [2.75, 3.05) is 42.3 Å². The van der Waals surface area contributed by atoms with E-state index in [-0.39, 0.29) is 12.4 Å². The summed E-state index contributed by atoms with van der Waals surface area (Å²) in [6, 6.07) is 0. The van der Waals surface area contributed by atoms with E-state index in [4.69, 9.17) is 5.11 Å². The zero-order valence-corrected chi connectivity index (χ0v) is 13.8. The molecule has 0 unspecified atom stereocenters. The maximum atomic E-state index is 10.1. The third kappa shape index (κ3) is 58.2. The number of carboxylic acids is 1. The highest BCUT2D eigenvalue weighted by atomic mass is 35.5. The molecule has 0 aromatic carbocycles. The molecular formula is C13H31ClN2O2. The Labute approximate surface area is 119 Å². The van der Waals surface area contributed by atoms with Gasteiger partial charge in [0.1, 0.15) is 0 Å². The largest absolute Gasteiger partial charge is 0.478 e. The molecule has 1 N–H and O–H groups in total. The Bertz CT molecular complexity index is 184. The molecule has 112 valence electrons. The molecule has 4 nitrogen and oxygen atoms in total. The third-order valence-corrected chi connectivity index (χ3v) is 1.13. The fourth-order valence-corrected chi connectivity index (χ4v) is 0.497. The van der Waals surface area contributed by atoms with E-state index in [1.807, 2.05) is 59.0 Å². The highest BCUT2D eigenvalue weighted by Gasteiger charge is 2.00. The number of aliphatic carboxylic acids is 1. The van der Waals surface area contributed by atoms with Gasteiger partial charge < -0.3 is 14.9 Å². The second-order valence-corrected chi connectivity index (χ2v) is 4.70. The van der Waals surface area contributed by atoms with Crippen LogP contribution in [0.3, 0.4) is 0 Å². The Kier molecular flexibility index (Phi) is 27.2. The van der Waals surface area contributed by atoms with Crippen LogP contribution in [0.2, 0.25) is 0 Å². The van der Waals surface area contributed by atoms with Gasteiger partial charge in [-0.25, -0.2) is 4.79 Å². The number of halogens is 1. The minimum Gasteiger partial charge on any atom is -0.478 e. The summed E-state index contributed by atoms with van der Waals surface area (Å²) >= 11 is 0. The van der Waals surface area contributed by atoms with Crippen molar-refractivity contribution >= 4 is 18.4 Å². The van der Waals surface area contributed by atoms with Gasteiger partial charge in [-0.1, -0.05) is 19.9 Å². The minimum atomic E-state index is -0.872. The molecule has 0 atom stereocenters. The molecule has 0 aromatic rings. The monoisotopic (exact) mass is 282 g/mol. The predicted octanol–water partition coefficient (Wildman–Crippen LogP) is 2.59. The lowest BCUT2D eigenvalue weighted by molar-refractivity contribution is -0.132. The summed E-state index contributed by atoms with van der Waals surface area (Å²) in [6.45, 7) is 5.42. The van der Waals surface area contributed by atoms with Gasteiger partial charge in [0.05, 0.1) is 0 Å². The number of nitrogens with zero attached hydrogens (tertiary/aromatic N) is 2. The molecule has 0 aromatic heterocycles. The van der Waals surface area contributed by atoms with Gasteiger partial charge in [0.2, 0.25) is 0 Å². The van der Waals surface area contributed by atoms with Crippen molar-refractivity contribution in [3.05, 3.63) is 12.2 Å². The van der Waals surface area contributed by atoms with Crippen LogP contribution in [0.5, 0.6) is 0 Å². The van der Waals surface area contributed by atoms with Gasteiger partial charge >= 0.3 is 5.97 Å². The molecule has 5 heteroatoms. The first kappa shape index (κ1) is 26.1. The summed E-state index contributed by atoms with van der Waals surface area (Å²) in [5.41, 5.74) is 0.317. The fourth-order valence-electron chi connectivity index (χ4n) is 0.497. The van der Waals surface area contributed by atoms with Crippen LogP contribution < -0.4 is 0 Å². The molecular weight excluding hydrogens is 252 g/mol. The highest BCUT2D eigenvalue weighted by molar-refractivity contribution is 5.85. The lowest BCUT2D eigenvalue weighted by atomic mass is 10.1. The van der Waals surface area contributed by atoms with E-state index in [0.29, 0.717) is 12.0 Å². The van der Waals surface area contributed by atoms with Crippen molar-refractivity contribution in [1.82, 2.24) is 9.80 Å². The average Bonchev–Trinajstić information content (AvgIpc) is 2.12. The lowest BCUT2D eigenvalue weighted by Crippen LogP contribution is -1.99. The number of rotatable bonds is 4. The Balaban J connectivity index is -0.0000000922. The average molecular weight is 283 g/mol. The number of carboxylic acid groups (broad SMARTS) is 1. The summed E-state index contributed by atoms with van der Waals surface area (Å²) in [6.07, 6.45) is 2.56.